The first-order chi connectivity index (χ1) is 6.72. The molecule has 0 aliphatic carbocycles. The lowest BCUT2D eigenvalue weighted by atomic mass is 10.1. The number of hydrogen-bond donors (Lipinski definition) is 1. The standard InChI is InChI=1S/C11H20N2O/c1-13(2)6-4-3-5-10-7-11(8-12)14-9-10/h7,9H,3-6,8,12H2,1-2H3. The van der Waals surface area contributed by atoms with Crippen molar-refractivity contribution in [3.05, 3.63) is 23.7 Å². The quantitative estimate of drug-likeness (QED) is 0.703. The lowest BCUT2D eigenvalue weighted by molar-refractivity contribution is 0.394. The van der Waals surface area contributed by atoms with Gasteiger partial charge in [-0.1, -0.05) is 0 Å². The Balaban J connectivity index is 2.18. The molecule has 1 heterocycles. The van der Waals surface area contributed by atoms with Crippen LogP contribution in [0.3, 0.4) is 0 Å². The molecule has 1 aromatic rings. The SMILES string of the molecule is CN(C)CCCCc1coc(CN)c1. The molecular weight excluding hydrogens is 176 g/mol. The zero-order valence-electron chi connectivity index (χ0n) is 9.12. The van der Waals surface area contributed by atoms with E-state index in [0.29, 0.717) is 6.54 Å². The van der Waals surface area contributed by atoms with E-state index in [2.05, 4.69) is 25.1 Å². The summed E-state index contributed by atoms with van der Waals surface area (Å²) in [5, 5.41) is 0. The molecule has 0 spiro atoms. The maximum absolute atomic E-state index is 5.46. The van der Waals surface area contributed by atoms with Crippen molar-refractivity contribution >= 4 is 0 Å². The molecule has 0 saturated carbocycles. The molecule has 0 aliphatic heterocycles. The summed E-state index contributed by atoms with van der Waals surface area (Å²) in [5.41, 5.74) is 6.73. The number of unbranched alkanes of at least 4 members (excludes halogenated alkanes) is 1. The Labute approximate surface area is 85.9 Å². The van der Waals surface area contributed by atoms with E-state index in [4.69, 9.17) is 10.2 Å². The maximum Gasteiger partial charge on any atom is 0.117 e. The van der Waals surface area contributed by atoms with Crippen LogP contribution in [0.5, 0.6) is 0 Å². The van der Waals surface area contributed by atoms with E-state index in [0.717, 1.165) is 18.7 Å². The Morgan fingerprint density at radius 3 is 2.71 bits per heavy atom. The van der Waals surface area contributed by atoms with E-state index in [1.54, 1.807) is 0 Å². The third kappa shape index (κ3) is 3.94. The predicted molar refractivity (Wildman–Crippen MR) is 58.1 cm³/mol. The Bertz CT molecular complexity index is 256. The van der Waals surface area contributed by atoms with Crippen molar-refractivity contribution < 1.29 is 4.42 Å². The van der Waals surface area contributed by atoms with Crippen molar-refractivity contribution in [3.8, 4) is 0 Å². The number of furan rings is 1. The molecular formula is C11H20N2O. The lowest BCUT2D eigenvalue weighted by Gasteiger charge is -2.07. The molecule has 1 rings (SSSR count). The van der Waals surface area contributed by atoms with Gasteiger partial charge in [0.2, 0.25) is 0 Å². The van der Waals surface area contributed by atoms with Crippen molar-refractivity contribution in [2.24, 2.45) is 5.73 Å². The van der Waals surface area contributed by atoms with Gasteiger partial charge in [-0.15, -0.1) is 0 Å². The van der Waals surface area contributed by atoms with E-state index in [9.17, 15) is 0 Å². The average molecular weight is 196 g/mol. The Morgan fingerprint density at radius 1 is 1.36 bits per heavy atom. The molecule has 0 atom stereocenters. The van der Waals surface area contributed by atoms with Crippen LogP contribution in [-0.2, 0) is 13.0 Å². The van der Waals surface area contributed by atoms with Crippen LogP contribution >= 0.6 is 0 Å². The van der Waals surface area contributed by atoms with Gasteiger partial charge in [0.25, 0.3) is 0 Å². The van der Waals surface area contributed by atoms with Gasteiger partial charge in [0.1, 0.15) is 5.76 Å². The summed E-state index contributed by atoms with van der Waals surface area (Å²) >= 11 is 0. The van der Waals surface area contributed by atoms with Crippen LogP contribution in [0.1, 0.15) is 24.2 Å². The Morgan fingerprint density at radius 2 is 2.14 bits per heavy atom. The highest BCUT2D eigenvalue weighted by Crippen LogP contribution is 2.10. The fourth-order valence-electron chi connectivity index (χ4n) is 1.42. The molecule has 0 fully saturated rings. The second-order valence-electron chi connectivity index (χ2n) is 3.89. The second kappa shape index (κ2) is 5.83. The first-order valence-electron chi connectivity index (χ1n) is 5.13. The number of rotatable bonds is 6. The van der Waals surface area contributed by atoms with Gasteiger partial charge in [-0.3, -0.25) is 0 Å². The predicted octanol–water partition coefficient (Wildman–Crippen LogP) is 1.62. The van der Waals surface area contributed by atoms with E-state index >= 15 is 0 Å². The van der Waals surface area contributed by atoms with Crippen LogP contribution in [0, 0.1) is 0 Å². The average Bonchev–Trinajstić information content (AvgIpc) is 2.60. The van der Waals surface area contributed by atoms with Crippen molar-refractivity contribution in [1.82, 2.24) is 4.90 Å². The first-order valence-corrected chi connectivity index (χ1v) is 5.13. The number of aryl methyl sites for hydroxylation is 1. The minimum atomic E-state index is 0.498. The zero-order chi connectivity index (χ0) is 10.4. The number of nitrogens with two attached hydrogens (primary N) is 1. The van der Waals surface area contributed by atoms with Crippen molar-refractivity contribution in [1.29, 1.82) is 0 Å². The minimum Gasteiger partial charge on any atom is -0.468 e. The van der Waals surface area contributed by atoms with Gasteiger partial charge in [-0.25, -0.2) is 0 Å². The third-order valence-electron chi connectivity index (χ3n) is 2.23. The minimum absolute atomic E-state index is 0.498. The van der Waals surface area contributed by atoms with Crippen LogP contribution in [-0.4, -0.2) is 25.5 Å². The molecule has 0 bridgehead atoms. The van der Waals surface area contributed by atoms with E-state index in [-0.39, 0.29) is 0 Å². The molecule has 0 radical (unpaired) electrons. The fourth-order valence-corrected chi connectivity index (χ4v) is 1.42. The smallest absolute Gasteiger partial charge is 0.117 e. The molecule has 2 N–H and O–H groups in total. The van der Waals surface area contributed by atoms with Gasteiger partial charge >= 0.3 is 0 Å². The number of nitrogens with zero attached hydrogens (tertiary/aromatic N) is 1. The zero-order valence-corrected chi connectivity index (χ0v) is 9.12. The van der Waals surface area contributed by atoms with Crippen LogP contribution in [0.4, 0.5) is 0 Å². The Kier molecular flexibility index (Phi) is 4.70. The summed E-state index contributed by atoms with van der Waals surface area (Å²) in [5.74, 6) is 0.882. The lowest BCUT2D eigenvalue weighted by Crippen LogP contribution is -2.12. The fraction of sp³-hybridized carbons (Fsp3) is 0.636. The van der Waals surface area contributed by atoms with E-state index in [1.807, 2.05) is 6.26 Å². The summed E-state index contributed by atoms with van der Waals surface area (Å²) in [7, 11) is 4.20. The third-order valence-corrected chi connectivity index (χ3v) is 2.23. The second-order valence-corrected chi connectivity index (χ2v) is 3.89. The molecule has 0 unspecified atom stereocenters. The molecule has 14 heavy (non-hydrogen) atoms. The summed E-state index contributed by atoms with van der Waals surface area (Å²) in [6.45, 7) is 1.65. The summed E-state index contributed by atoms with van der Waals surface area (Å²) in [4.78, 5) is 2.21. The molecule has 0 amide bonds. The van der Waals surface area contributed by atoms with E-state index in [1.165, 1.54) is 18.4 Å². The van der Waals surface area contributed by atoms with Gasteiger partial charge in [-0.05, 0) is 51.5 Å². The van der Waals surface area contributed by atoms with Crippen LogP contribution < -0.4 is 5.73 Å². The number of hydrogen-bond acceptors (Lipinski definition) is 3. The van der Waals surface area contributed by atoms with Crippen LogP contribution in [0.25, 0.3) is 0 Å². The molecule has 0 saturated heterocycles. The Hall–Kier alpha value is -0.800. The maximum atomic E-state index is 5.46. The van der Waals surface area contributed by atoms with Gasteiger partial charge < -0.3 is 15.1 Å². The summed E-state index contributed by atoms with van der Waals surface area (Å²) < 4.78 is 5.26. The monoisotopic (exact) mass is 196 g/mol. The summed E-state index contributed by atoms with van der Waals surface area (Å²) in [6.07, 6.45) is 5.35. The summed E-state index contributed by atoms with van der Waals surface area (Å²) in [6, 6.07) is 2.05. The van der Waals surface area contributed by atoms with E-state index < -0.39 is 0 Å². The van der Waals surface area contributed by atoms with Crippen LogP contribution in [0.2, 0.25) is 0 Å². The van der Waals surface area contributed by atoms with Gasteiger partial charge in [0.05, 0.1) is 12.8 Å². The molecule has 80 valence electrons. The topological polar surface area (TPSA) is 42.4 Å². The van der Waals surface area contributed by atoms with Gasteiger partial charge in [-0.2, -0.15) is 0 Å². The molecule has 3 heteroatoms. The first kappa shape index (κ1) is 11.3. The van der Waals surface area contributed by atoms with Gasteiger partial charge in [0.15, 0.2) is 0 Å². The van der Waals surface area contributed by atoms with Crippen molar-refractivity contribution in [2.75, 3.05) is 20.6 Å². The molecule has 1 aromatic heterocycles. The van der Waals surface area contributed by atoms with Crippen molar-refractivity contribution in [3.63, 3.8) is 0 Å². The van der Waals surface area contributed by atoms with Crippen molar-refractivity contribution in [2.45, 2.75) is 25.8 Å². The highest BCUT2D eigenvalue weighted by Gasteiger charge is 1.99. The molecule has 0 aromatic carbocycles. The largest absolute Gasteiger partial charge is 0.468 e. The molecule has 3 nitrogen and oxygen atoms in total. The normalized spacial score (nSPS) is 11.1. The van der Waals surface area contributed by atoms with Crippen LogP contribution in [0.15, 0.2) is 16.7 Å². The highest BCUT2D eigenvalue weighted by molar-refractivity contribution is 5.12. The molecule has 0 aliphatic rings. The van der Waals surface area contributed by atoms with Gasteiger partial charge in [0, 0.05) is 0 Å². The highest BCUT2D eigenvalue weighted by atomic mass is 16.3.